The average molecular weight is 326 g/mol. The first-order valence-electron chi connectivity index (χ1n) is 7.90. The number of hydrogen-bond donors (Lipinski definition) is 0. The van der Waals surface area contributed by atoms with Crippen LogP contribution >= 0.6 is 0 Å². The van der Waals surface area contributed by atoms with E-state index in [9.17, 15) is 9.59 Å². The van der Waals surface area contributed by atoms with Crippen LogP contribution in [0.25, 0.3) is 0 Å². The second-order valence-electron chi connectivity index (χ2n) is 5.74. The van der Waals surface area contributed by atoms with Crippen molar-refractivity contribution in [3.8, 4) is 0 Å². The van der Waals surface area contributed by atoms with Gasteiger partial charge in [-0.05, 0) is 54.2 Å². The van der Waals surface area contributed by atoms with Crippen LogP contribution in [0.4, 0.5) is 0 Å². The first-order chi connectivity index (χ1) is 11.5. The summed E-state index contributed by atoms with van der Waals surface area (Å²) in [6, 6.07) is 15.0. The Kier molecular flexibility index (Phi) is 6.13. The van der Waals surface area contributed by atoms with Crippen molar-refractivity contribution in [2.45, 2.75) is 25.7 Å². The number of esters is 2. The molecule has 2 rings (SSSR count). The Labute approximate surface area is 142 Å². The van der Waals surface area contributed by atoms with Crippen molar-refractivity contribution in [2.75, 3.05) is 14.2 Å². The van der Waals surface area contributed by atoms with E-state index in [0.717, 1.165) is 12.8 Å². The van der Waals surface area contributed by atoms with Gasteiger partial charge in [0.1, 0.15) is 0 Å². The number of benzene rings is 2. The molecule has 1 atom stereocenters. The molecule has 4 nitrogen and oxygen atoms in total. The SMILES string of the molecule is COC(=O)c1ccc(CCC(C)c2ccc(C(=O)OC)cc2)cc1. The number of carbonyl (C=O) groups is 2. The fraction of sp³-hybridized carbons (Fsp3) is 0.300. The van der Waals surface area contributed by atoms with E-state index in [2.05, 4.69) is 6.92 Å². The van der Waals surface area contributed by atoms with E-state index in [1.54, 1.807) is 24.3 Å². The Bertz CT molecular complexity index is 687. The molecule has 0 saturated carbocycles. The van der Waals surface area contributed by atoms with E-state index in [0.29, 0.717) is 17.0 Å². The monoisotopic (exact) mass is 326 g/mol. The predicted molar refractivity (Wildman–Crippen MR) is 92.3 cm³/mol. The first kappa shape index (κ1) is 17.7. The zero-order valence-corrected chi connectivity index (χ0v) is 14.2. The van der Waals surface area contributed by atoms with Gasteiger partial charge < -0.3 is 9.47 Å². The van der Waals surface area contributed by atoms with Gasteiger partial charge in [0.25, 0.3) is 0 Å². The van der Waals surface area contributed by atoms with Crippen LogP contribution in [0, 0.1) is 0 Å². The van der Waals surface area contributed by atoms with Crippen LogP contribution in [0.5, 0.6) is 0 Å². The molecule has 126 valence electrons. The molecule has 0 bridgehead atoms. The molecule has 4 heteroatoms. The van der Waals surface area contributed by atoms with E-state index >= 15 is 0 Å². The van der Waals surface area contributed by atoms with Gasteiger partial charge in [-0.2, -0.15) is 0 Å². The third-order valence-corrected chi connectivity index (χ3v) is 4.14. The number of carbonyl (C=O) groups excluding carboxylic acids is 2. The number of ether oxygens (including phenoxy) is 2. The largest absolute Gasteiger partial charge is 0.465 e. The summed E-state index contributed by atoms with van der Waals surface area (Å²) < 4.78 is 9.40. The van der Waals surface area contributed by atoms with E-state index in [-0.39, 0.29) is 11.9 Å². The summed E-state index contributed by atoms with van der Waals surface area (Å²) in [7, 11) is 2.76. The quantitative estimate of drug-likeness (QED) is 0.753. The maximum absolute atomic E-state index is 11.4. The summed E-state index contributed by atoms with van der Waals surface area (Å²) in [6.07, 6.45) is 1.90. The Balaban J connectivity index is 1.94. The van der Waals surface area contributed by atoms with Gasteiger partial charge in [0.05, 0.1) is 25.3 Å². The highest BCUT2D eigenvalue weighted by Gasteiger charge is 2.10. The summed E-state index contributed by atoms with van der Waals surface area (Å²) in [5.41, 5.74) is 3.49. The highest BCUT2D eigenvalue weighted by molar-refractivity contribution is 5.89. The lowest BCUT2D eigenvalue weighted by Crippen LogP contribution is -2.03. The summed E-state index contributed by atoms with van der Waals surface area (Å²) in [5, 5.41) is 0. The van der Waals surface area contributed by atoms with Crippen molar-refractivity contribution in [2.24, 2.45) is 0 Å². The minimum atomic E-state index is -0.320. The second kappa shape index (κ2) is 8.29. The molecule has 0 aliphatic heterocycles. The fourth-order valence-corrected chi connectivity index (χ4v) is 2.54. The molecule has 0 amide bonds. The molecule has 0 aliphatic rings. The Morgan fingerprint density at radius 3 is 1.75 bits per heavy atom. The Morgan fingerprint density at radius 1 is 0.833 bits per heavy atom. The predicted octanol–water partition coefficient (Wildman–Crippen LogP) is 4.00. The van der Waals surface area contributed by atoms with Crippen molar-refractivity contribution in [3.05, 3.63) is 70.8 Å². The molecule has 2 aromatic rings. The summed E-state index contributed by atoms with van der Waals surface area (Å²) in [5.74, 6) is -0.266. The molecule has 0 heterocycles. The van der Waals surface area contributed by atoms with Crippen LogP contribution in [-0.4, -0.2) is 26.2 Å². The normalized spacial score (nSPS) is 11.6. The van der Waals surface area contributed by atoms with Crippen LogP contribution in [0.3, 0.4) is 0 Å². The minimum absolute atomic E-state index is 0.319. The minimum Gasteiger partial charge on any atom is -0.465 e. The lowest BCUT2D eigenvalue weighted by molar-refractivity contribution is 0.0592. The van der Waals surface area contributed by atoms with Crippen molar-refractivity contribution >= 4 is 11.9 Å². The lowest BCUT2D eigenvalue weighted by atomic mass is 9.93. The number of rotatable bonds is 6. The van der Waals surface area contributed by atoms with Gasteiger partial charge in [-0.25, -0.2) is 9.59 Å². The molecule has 0 N–H and O–H groups in total. The maximum atomic E-state index is 11.4. The first-order valence-corrected chi connectivity index (χ1v) is 7.90. The number of aryl methyl sites for hydroxylation is 1. The van der Waals surface area contributed by atoms with E-state index in [1.807, 2.05) is 24.3 Å². The van der Waals surface area contributed by atoms with E-state index in [1.165, 1.54) is 25.3 Å². The standard InChI is InChI=1S/C20H22O4/c1-14(16-10-12-18(13-11-16)20(22)24-3)4-5-15-6-8-17(9-7-15)19(21)23-2/h6-14H,4-5H2,1-3H3. The summed E-state index contributed by atoms with van der Waals surface area (Å²) >= 11 is 0. The Morgan fingerprint density at radius 2 is 1.29 bits per heavy atom. The van der Waals surface area contributed by atoms with Gasteiger partial charge >= 0.3 is 11.9 Å². The third-order valence-electron chi connectivity index (χ3n) is 4.14. The highest BCUT2D eigenvalue weighted by atomic mass is 16.5. The molecule has 0 aromatic heterocycles. The molecule has 0 fully saturated rings. The average Bonchev–Trinajstić information content (AvgIpc) is 2.65. The smallest absolute Gasteiger partial charge is 0.337 e. The van der Waals surface area contributed by atoms with Crippen LogP contribution in [0.2, 0.25) is 0 Å². The van der Waals surface area contributed by atoms with Crippen molar-refractivity contribution in [1.82, 2.24) is 0 Å². The zero-order chi connectivity index (χ0) is 17.5. The van der Waals surface area contributed by atoms with Gasteiger partial charge in [-0.15, -0.1) is 0 Å². The second-order valence-corrected chi connectivity index (χ2v) is 5.74. The fourth-order valence-electron chi connectivity index (χ4n) is 2.54. The molecule has 0 aliphatic carbocycles. The van der Waals surface area contributed by atoms with Gasteiger partial charge in [0.2, 0.25) is 0 Å². The van der Waals surface area contributed by atoms with E-state index < -0.39 is 0 Å². The molecule has 0 saturated heterocycles. The van der Waals surface area contributed by atoms with Gasteiger partial charge in [0, 0.05) is 0 Å². The van der Waals surface area contributed by atoms with Crippen LogP contribution in [-0.2, 0) is 15.9 Å². The molecule has 2 aromatic carbocycles. The van der Waals surface area contributed by atoms with Crippen molar-refractivity contribution in [1.29, 1.82) is 0 Å². The summed E-state index contributed by atoms with van der Waals surface area (Å²) in [6.45, 7) is 2.16. The van der Waals surface area contributed by atoms with Crippen molar-refractivity contribution < 1.29 is 19.1 Å². The van der Waals surface area contributed by atoms with E-state index in [4.69, 9.17) is 9.47 Å². The number of methoxy groups -OCH3 is 2. The van der Waals surface area contributed by atoms with Crippen LogP contribution in [0.15, 0.2) is 48.5 Å². The van der Waals surface area contributed by atoms with Gasteiger partial charge in [0.15, 0.2) is 0 Å². The molecule has 0 radical (unpaired) electrons. The van der Waals surface area contributed by atoms with Crippen LogP contribution in [0.1, 0.15) is 51.1 Å². The van der Waals surface area contributed by atoms with Crippen LogP contribution < -0.4 is 0 Å². The molecule has 24 heavy (non-hydrogen) atoms. The number of hydrogen-bond acceptors (Lipinski definition) is 4. The highest BCUT2D eigenvalue weighted by Crippen LogP contribution is 2.22. The zero-order valence-electron chi connectivity index (χ0n) is 14.2. The lowest BCUT2D eigenvalue weighted by Gasteiger charge is -2.12. The topological polar surface area (TPSA) is 52.6 Å². The molecular weight excluding hydrogens is 304 g/mol. The maximum Gasteiger partial charge on any atom is 0.337 e. The Hall–Kier alpha value is -2.62. The molecule has 0 spiro atoms. The molecular formula is C20H22O4. The summed E-state index contributed by atoms with van der Waals surface area (Å²) in [4.78, 5) is 22.9. The van der Waals surface area contributed by atoms with Gasteiger partial charge in [-0.1, -0.05) is 31.2 Å². The third kappa shape index (κ3) is 4.44. The van der Waals surface area contributed by atoms with Gasteiger partial charge in [-0.3, -0.25) is 0 Å². The van der Waals surface area contributed by atoms with Crippen molar-refractivity contribution in [3.63, 3.8) is 0 Å². The molecule has 1 unspecified atom stereocenters.